The number of aromatic nitrogens is 2. The van der Waals surface area contributed by atoms with E-state index >= 15 is 0 Å². The minimum atomic E-state index is -0.0866. The number of hydrogen-bond acceptors (Lipinski definition) is 5. The van der Waals surface area contributed by atoms with Gasteiger partial charge < -0.3 is 15.4 Å². The van der Waals surface area contributed by atoms with Crippen LogP contribution in [0.4, 0.5) is 5.82 Å². The van der Waals surface area contributed by atoms with Crippen LogP contribution in [0.5, 0.6) is 5.88 Å². The summed E-state index contributed by atoms with van der Waals surface area (Å²) in [7, 11) is 0. The third-order valence-electron chi connectivity index (χ3n) is 3.36. The summed E-state index contributed by atoms with van der Waals surface area (Å²) in [6.45, 7) is 8.55. The Morgan fingerprint density at radius 2 is 2.18 bits per heavy atom. The van der Waals surface area contributed by atoms with Crippen LogP contribution in [0, 0.1) is 5.92 Å². The number of ether oxygens (including phenoxy) is 1. The molecule has 1 aromatic rings. The van der Waals surface area contributed by atoms with Crippen molar-refractivity contribution in [1.82, 2.24) is 9.97 Å². The monoisotopic (exact) mass is 236 g/mol. The molecule has 17 heavy (non-hydrogen) atoms. The van der Waals surface area contributed by atoms with Gasteiger partial charge in [-0.2, -0.15) is 0 Å². The predicted octanol–water partition coefficient (Wildman–Crippen LogP) is 1.05. The number of nitrogens with zero attached hydrogens (tertiary/aromatic N) is 3. The predicted molar refractivity (Wildman–Crippen MR) is 67.2 cm³/mol. The van der Waals surface area contributed by atoms with E-state index in [1.807, 2.05) is 13.0 Å². The van der Waals surface area contributed by atoms with Crippen LogP contribution >= 0.6 is 0 Å². The average Bonchev–Trinajstić information content (AvgIpc) is 2.25. The Hall–Kier alpha value is -1.36. The highest BCUT2D eigenvalue weighted by atomic mass is 16.5. The lowest BCUT2D eigenvalue weighted by Crippen LogP contribution is -2.70. The van der Waals surface area contributed by atoms with Crippen molar-refractivity contribution in [2.45, 2.75) is 26.3 Å². The van der Waals surface area contributed by atoms with Crippen LogP contribution in [-0.4, -0.2) is 35.2 Å². The average molecular weight is 236 g/mol. The third kappa shape index (κ3) is 2.34. The highest BCUT2D eigenvalue weighted by Gasteiger charge is 2.42. The first-order chi connectivity index (χ1) is 8.05. The van der Waals surface area contributed by atoms with Gasteiger partial charge in [0.1, 0.15) is 12.1 Å². The summed E-state index contributed by atoms with van der Waals surface area (Å²) < 4.78 is 5.36. The molecular formula is C12H20N4O. The van der Waals surface area contributed by atoms with Gasteiger partial charge in [0.15, 0.2) is 0 Å². The first-order valence-electron chi connectivity index (χ1n) is 6.04. The van der Waals surface area contributed by atoms with Gasteiger partial charge in [0.05, 0.1) is 12.1 Å². The lowest BCUT2D eigenvalue weighted by Gasteiger charge is -2.50. The van der Waals surface area contributed by atoms with E-state index in [-0.39, 0.29) is 5.54 Å². The minimum absolute atomic E-state index is 0.0866. The SMILES string of the molecule is CCOc1cc(N2CC(N)(C(C)C)C2)ncn1. The van der Waals surface area contributed by atoms with E-state index in [0.29, 0.717) is 18.4 Å². The molecule has 0 amide bonds. The highest BCUT2D eigenvalue weighted by molar-refractivity contribution is 5.46. The van der Waals surface area contributed by atoms with Crippen molar-refractivity contribution in [3.05, 3.63) is 12.4 Å². The molecule has 0 aromatic carbocycles. The molecule has 0 bridgehead atoms. The fourth-order valence-electron chi connectivity index (χ4n) is 1.92. The van der Waals surface area contributed by atoms with E-state index in [4.69, 9.17) is 10.5 Å². The van der Waals surface area contributed by atoms with Crippen LogP contribution in [0.15, 0.2) is 12.4 Å². The van der Waals surface area contributed by atoms with Crippen LogP contribution in [0.3, 0.4) is 0 Å². The Kier molecular flexibility index (Phi) is 3.19. The molecule has 5 heteroatoms. The number of nitrogens with two attached hydrogens (primary N) is 1. The second kappa shape index (κ2) is 4.49. The summed E-state index contributed by atoms with van der Waals surface area (Å²) in [5.41, 5.74) is 6.17. The number of hydrogen-bond donors (Lipinski definition) is 1. The fourth-order valence-corrected chi connectivity index (χ4v) is 1.92. The van der Waals surface area contributed by atoms with Gasteiger partial charge in [-0.1, -0.05) is 13.8 Å². The molecule has 94 valence electrons. The maximum atomic E-state index is 6.25. The number of anilines is 1. The molecular weight excluding hydrogens is 216 g/mol. The van der Waals surface area contributed by atoms with Gasteiger partial charge in [0.25, 0.3) is 0 Å². The van der Waals surface area contributed by atoms with Gasteiger partial charge in [-0.25, -0.2) is 9.97 Å². The Labute approximate surface area is 102 Å². The molecule has 1 aliphatic rings. The van der Waals surface area contributed by atoms with Crippen LogP contribution in [0.1, 0.15) is 20.8 Å². The van der Waals surface area contributed by atoms with E-state index in [9.17, 15) is 0 Å². The first kappa shape index (κ1) is 12.1. The summed E-state index contributed by atoms with van der Waals surface area (Å²) >= 11 is 0. The van der Waals surface area contributed by atoms with Crippen molar-refractivity contribution in [3.63, 3.8) is 0 Å². The molecule has 5 nitrogen and oxygen atoms in total. The fraction of sp³-hybridized carbons (Fsp3) is 0.667. The molecule has 0 radical (unpaired) electrons. The van der Waals surface area contributed by atoms with Crippen LogP contribution in [0.2, 0.25) is 0 Å². The van der Waals surface area contributed by atoms with Gasteiger partial charge in [-0.15, -0.1) is 0 Å². The van der Waals surface area contributed by atoms with Crippen molar-refractivity contribution in [3.8, 4) is 5.88 Å². The van der Waals surface area contributed by atoms with Crippen molar-refractivity contribution >= 4 is 5.82 Å². The molecule has 0 saturated carbocycles. The van der Waals surface area contributed by atoms with E-state index in [1.165, 1.54) is 6.33 Å². The Morgan fingerprint density at radius 1 is 1.47 bits per heavy atom. The topological polar surface area (TPSA) is 64.3 Å². The molecule has 2 rings (SSSR count). The van der Waals surface area contributed by atoms with Crippen LogP contribution < -0.4 is 15.4 Å². The molecule has 1 fully saturated rings. The van der Waals surface area contributed by atoms with Crippen molar-refractivity contribution < 1.29 is 4.74 Å². The second-order valence-corrected chi connectivity index (χ2v) is 4.89. The zero-order valence-electron chi connectivity index (χ0n) is 10.7. The molecule has 0 spiro atoms. The zero-order valence-corrected chi connectivity index (χ0v) is 10.7. The standard InChI is InChI=1S/C12H20N4O/c1-4-17-11-5-10(14-8-15-11)16-6-12(13,7-16)9(2)3/h5,8-9H,4,6-7,13H2,1-3H3. The number of rotatable bonds is 4. The molecule has 1 aliphatic heterocycles. The summed E-state index contributed by atoms with van der Waals surface area (Å²) in [6, 6.07) is 1.86. The van der Waals surface area contributed by atoms with Crippen LogP contribution in [0.25, 0.3) is 0 Å². The normalized spacial score (nSPS) is 18.1. The Bertz CT molecular complexity index is 388. The van der Waals surface area contributed by atoms with Crippen molar-refractivity contribution in [1.29, 1.82) is 0 Å². The molecule has 0 unspecified atom stereocenters. The smallest absolute Gasteiger partial charge is 0.218 e. The first-order valence-corrected chi connectivity index (χ1v) is 6.04. The van der Waals surface area contributed by atoms with Gasteiger partial charge in [0.2, 0.25) is 5.88 Å². The lowest BCUT2D eigenvalue weighted by molar-refractivity contribution is 0.243. The highest BCUT2D eigenvalue weighted by Crippen LogP contribution is 2.30. The summed E-state index contributed by atoms with van der Waals surface area (Å²) in [5, 5.41) is 0. The lowest BCUT2D eigenvalue weighted by atomic mass is 9.80. The van der Waals surface area contributed by atoms with E-state index in [2.05, 4.69) is 28.7 Å². The Morgan fingerprint density at radius 3 is 2.76 bits per heavy atom. The zero-order chi connectivity index (χ0) is 12.5. The molecule has 1 saturated heterocycles. The maximum Gasteiger partial charge on any atom is 0.218 e. The maximum absolute atomic E-state index is 6.25. The van der Waals surface area contributed by atoms with Gasteiger partial charge in [-0.3, -0.25) is 0 Å². The molecule has 2 heterocycles. The van der Waals surface area contributed by atoms with E-state index in [0.717, 1.165) is 18.9 Å². The van der Waals surface area contributed by atoms with Crippen molar-refractivity contribution in [2.24, 2.45) is 11.7 Å². The summed E-state index contributed by atoms with van der Waals surface area (Å²) in [4.78, 5) is 10.5. The van der Waals surface area contributed by atoms with E-state index < -0.39 is 0 Å². The summed E-state index contributed by atoms with van der Waals surface area (Å²) in [5.74, 6) is 1.99. The quantitative estimate of drug-likeness (QED) is 0.846. The van der Waals surface area contributed by atoms with Crippen molar-refractivity contribution in [2.75, 3.05) is 24.6 Å². The third-order valence-corrected chi connectivity index (χ3v) is 3.36. The molecule has 0 aliphatic carbocycles. The second-order valence-electron chi connectivity index (χ2n) is 4.89. The van der Waals surface area contributed by atoms with Gasteiger partial charge in [-0.05, 0) is 12.8 Å². The minimum Gasteiger partial charge on any atom is -0.478 e. The summed E-state index contributed by atoms with van der Waals surface area (Å²) in [6.07, 6.45) is 1.53. The largest absolute Gasteiger partial charge is 0.478 e. The van der Waals surface area contributed by atoms with Gasteiger partial charge >= 0.3 is 0 Å². The molecule has 1 aromatic heterocycles. The molecule has 2 N–H and O–H groups in total. The van der Waals surface area contributed by atoms with E-state index in [1.54, 1.807) is 0 Å². The molecule has 0 atom stereocenters. The van der Waals surface area contributed by atoms with Gasteiger partial charge in [0, 0.05) is 19.2 Å². The Balaban J connectivity index is 2.03. The van der Waals surface area contributed by atoms with Crippen LogP contribution in [-0.2, 0) is 0 Å².